The van der Waals surface area contributed by atoms with E-state index >= 15 is 0 Å². The second-order valence-corrected chi connectivity index (χ2v) is 11.1. The molecule has 1 aromatic heterocycles. The van der Waals surface area contributed by atoms with Crippen molar-refractivity contribution in [2.45, 2.75) is 32.2 Å². The molecule has 0 bridgehead atoms. The normalized spacial score (nSPS) is 11.5. The van der Waals surface area contributed by atoms with Gasteiger partial charge in [0, 0.05) is 37.1 Å². The lowest BCUT2D eigenvalue weighted by molar-refractivity contribution is -0.137. The molecule has 1 heterocycles. The number of likely N-dealkylation sites (N-methyl/N-ethyl adjacent to an activating group) is 1. The number of aromatic nitrogens is 1. The minimum atomic E-state index is -4.42. The van der Waals surface area contributed by atoms with E-state index in [0.29, 0.717) is 58.8 Å². The van der Waals surface area contributed by atoms with E-state index in [2.05, 4.69) is 4.98 Å². The number of carbonyl (C=O) groups excluding carboxylic acids is 1. The number of halogens is 4. The summed E-state index contributed by atoms with van der Waals surface area (Å²) in [6, 6.07) is 18.3. The van der Waals surface area contributed by atoms with E-state index in [1.54, 1.807) is 49.7 Å². The molecule has 1 amide bonds. The zero-order valence-corrected chi connectivity index (χ0v) is 25.0. The molecule has 3 aromatic carbocycles. The Morgan fingerprint density at radius 3 is 2.29 bits per heavy atom. The van der Waals surface area contributed by atoms with Gasteiger partial charge in [0.05, 0.1) is 26.3 Å². The van der Waals surface area contributed by atoms with Crippen LogP contribution in [0.2, 0.25) is 5.02 Å². The summed E-state index contributed by atoms with van der Waals surface area (Å²) in [7, 11) is 4.88. The van der Waals surface area contributed by atoms with Crippen molar-refractivity contribution in [1.82, 2.24) is 14.8 Å². The molecule has 0 spiro atoms. The number of ether oxygens (including phenoxy) is 2. The zero-order valence-electron chi connectivity index (χ0n) is 23.5. The minimum Gasteiger partial charge on any atom is -0.493 e. The number of hydrogen-bond acceptors (Lipinski definition) is 6. The van der Waals surface area contributed by atoms with Gasteiger partial charge in [-0.15, -0.1) is 11.3 Å². The first-order valence-corrected chi connectivity index (χ1v) is 14.3. The second-order valence-electron chi connectivity index (χ2n) is 9.76. The van der Waals surface area contributed by atoms with Crippen molar-refractivity contribution in [2.24, 2.45) is 0 Å². The van der Waals surface area contributed by atoms with Gasteiger partial charge in [-0.3, -0.25) is 9.69 Å². The van der Waals surface area contributed by atoms with Crippen molar-refractivity contribution in [3.05, 3.63) is 110 Å². The van der Waals surface area contributed by atoms with Crippen molar-refractivity contribution in [3.63, 3.8) is 0 Å². The van der Waals surface area contributed by atoms with Gasteiger partial charge in [-0.1, -0.05) is 48.0 Å². The average Bonchev–Trinajstić information content (AvgIpc) is 3.44. The van der Waals surface area contributed by atoms with Crippen LogP contribution in [0.3, 0.4) is 0 Å². The zero-order chi connectivity index (χ0) is 30.3. The molecule has 0 atom stereocenters. The average molecular weight is 618 g/mol. The Labute approximate surface area is 252 Å². The first kappa shape index (κ1) is 31.3. The minimum absolute atomic E-state index is 0.208. The van der Waals surface area contributed by atoms with Crippen molar-refractivity contribution in [3.8, 4) is 11.5 Å². The van der Waals surface area contributed by atoms with Crippen LogP contribution in [0.5, 0.6) is 11.5 Å². The van der Waals surface area contributed by atoms with Gasteiger partial charge in [0.25, 0.3) is 5.91 Å². The maximum atomic E-state index is 13.3. The molecular weight excluding hydrogens is 587 g/mol. The lowest BCUT2D eigenvalue weighted by atomic mass is 10.1. The Morgan fingerprint density at radius 1 is 0.905 bits per heavy atom. The Balaban J connectivity index is 1.44. The fraction of sp³-hybridized carbons (Fsp3) is 0.290. The van der Waals surface area contributed by atoms with E-state index < -0.39 is 11.7 Å². The van der Waals surface area contributed by atoms with Crippen LogP contribution in [0.25, 0.3) is 0 Å². The van der Waals surface area contributed by atoms with Crippen molar-refractivity contribution in [2.75, 3.05) is 27.8 Å². The predicted molar refractivity (Wildman–Crippen MR) is 158 cm³/mol. The first-order chi connectivity index (χ1) is 20.0. The van der Waals surface area contributed by atoms with Gasteiger partial charge in [-0.2, -0.15) is 13.2 Å². The molecule has 0 saturated heterocycles. The molecule has 4 rings (SSSR count). The molecule has 42 heavy (non-hydrogen) atoms. The number of rotatable bonds is 12. The summed E-state index contributed by atoms with van der Waals surface area (Å²) in [6.07, 6.45) is -3.81. The third-order valence-electron chi connectivity index (χ3n) is 6.64. The van der Waals surface area contributed by atoms with Gasteiger partial charge in [0.1, 0.15) is 10.7 Å². The topological polar surface area (TPSA) is 54.9 Å². The number of nitrogens with zero attached hydrogens (tertiary/aromatic N) is 3. The fourth-order valence-electron chi connectivity index (χ4n) is 4.42. The molecule has 222 valence electrons. The molecular formula is C31H31ClF3N3O3S. The van der Waals surface area contributed by atoms with Gasteiger partial charge in [0.2, 0.25) is 0 Å². The Morgan fingerprint density at radius 2 is 1.60 bits per heavy atom. The Kier molecular flexibility index (Phi) is 10.5. The summed E-state index contributed by atoms with van der Waals surface area (Å²) in [6.45, 7) is 1.55. The fourth-order valence-corrected chi connectivity index (χ4v) is 5.36. The standard InChI is InChI=1S/C31H31ClF3N3O3S/c1-37(14-13-21-9-12-27(40-2)28(16-21)41-3)30(39)26-20-42-29(36-26)19-38(17-22-7-10-25(32)11-8-22)18-23-5-4-6-24(15-23)31(33,34)35/h4-12,15-16,20H,13-14,17-19H2,1-3H3. The lowest BCUT2D eigenvalue weighted by Gasteiger charge is -2.22. The Hall–Kier alpha value is -3.60. The Bertz CT molecular complexity index is 1490. The third-order valence-corrected chi connectivity index (χ3v) is 7.73. The number of alkyl halides is 3. The van der Waals surface area contributed by atoms with Gasteiger partial charge in [-0.05, 0) is 53.4 Å². The molecule has 4 aromatic rings. The molecule has 0 radical (unpaired) electrons. The highest BCUT2D eigenvalue weighted by Crippen LogP contribution is 2.30. The van der Waals surface area contributed by atoms with E-state index in [4.69, 9.17) is 21.1 Å². The second kappa shape index (κ2) is 14.0. The SMILES string of the molecule is COc1ccc(CCN(C)C(=O)c2csc(CN(Cc3ccc(Cl)cc3)Cc3cccc(C(F)(F)F)c3)n2)cc1OC. The summed E-state index contributed by atoms with van der Waals surface area (Å²) in [4.78, 5) is 21.3. The third kappa shape index (κ3) is 8.47. The molecule has 0 N–H and O–H groups in total. The predicted octanol–water partition coefficient (Wildman–Crippen LogP) is 7.35. The molecule has 11 heteroatoms. The van der Waals surface area contributed by atoms with E-state index in [1.165, 1.54) is 23.5 Å². The summed E-state index contributed by atoms with van der Waals surface area (Å²) < 4.78 is 50.6. The van der Waals surface area contributed by atoms with Crippen LogP contribution in [0.1, 0.15) is 37.7 Å². The maximum absolute atomic E-state index is 13.3. The van der Waals surface area contributed by atoms with Crippen molar-refractivity contribution >= 4 is 28.8 Å². The van der Waals surface area contributed by atoms with Crippen LogP contribution >= 0.6 is 22.9 Å². The molecule has 0 aliphatic carbocycles. The van der Waals surface area contributed by atoms with E-state index in [-0.39, 0.29) is 12.5 Å². The van der Waals surface area contributed by atoms with Gasteiger partial charge >= 0.3 is 6.18 Å². The van der Waals surface area contributed by atoms with E-state index in [1.807, 2.05) is 35.2 Å². The number of hydrogen-bond donors (Lipinski definition) is 0. The van der Waals surface area contributed by atoms with Crippen LogP contribution < -0.4 is 9.47 Å². The summed E-state index contributed by atoms with van der Waals surface area (Å²) in [5, 5.41) is 3.00. The quantitative estimate of drug-likeness (QED) is 0.166. The largest absolute Gasteiger partial charge is 0.493 e. The number of benzene rings is 3. The van der Waals surface area contributed by atoms with E-state index in [0.717, 1.165) is 17.2 Å². The number of amides is 1. The monoisotopic (exact) mass is 617 g/mol. The molecule has 0 saturated carbocycles. The highest BCUT2D eigenvalue weighted by Gasteiger charge is 2.30. The molecule has 0 unspecified atom stereocenters. The summed E-state index contributed by atoms with van der Waals surface area (Å²) in [5.41, 5.74) is 2.12. The van der Waals surface area contributed by atoms with Crippen LogP contribution in [0, 0.1) is 0 Å². The van der Waals surface area contributed by atoms with Crippen molar-refractivity contribution in [1.29, 1.82) is 0 Å². The number of carbonyl (C=O) groups is 1. The molecule has 0 fully saturated rings. The van der Waals surface area contributed by atoms with Crippen LogP contribution in [0.15, 0.2) is 72.1 Å². The lowest BCUT2D eigenvalue weighted by Crippen LogP contribution is -2.29. The number of methoxy groups -OCH3 is 2. The maximum Gasteiger partial charge on any atom is 0.416 e. The van der Waals surface area contributed by atoms with Gasteiger partial charge < -0.3 is 14.4 Å². The highest BCUT2D eigenvalue weighted by atomic mass is 35.5. The van der Waals surface area contributed by atoms with Gasteiger partial charge in [0.15, 0.2) is 11.5 Å². The van der Waals surface area contributed by atoms with Gasteiger partial charge in [-0.25, -0.2) is 4.98 Å². The van der Waals surface area contributed by atoms with E-state index in [9.17, 15) is 18.0 Å². The molecule has 0 aliphatic rings. The van der Waals surface area contributed by atoms with Crippen LogP contribution in [0.4, 0.5) is 13.2 Å². The van der Waals surface area contributed by atoms with Crippen LogP contribution in [-0.2, 0) is 32.2 Å². The highest BCUT2D eigenvalue weighted by molar-refractivity contribution is 7.09. The summed E-state index contributed by atoms with van der Waals surface area (Å²) in [5.74, 6) is 1.06. The van der Waals surface area contributed by atoms with Crippen molar-refractivity contribution < 1.29 is 27.4 Å². The summed E-state index contributed by atoms with van der Waals surface area (Å²) >= 11 is 7.38. The number of thiazole rings is 1. The first-order valence-electron chi connectivity index (χ1n) is 13.1. The smallest absolute Gasteiger partial charge is 0.416 e. The van der Waals surface area contributed by atoms with Crippen LogP contribution in [-0.4, -0.2) is 48.5 Å². The molecule has 0 aliphatic heterocycles. The molecule has 6 nitrogen and oxygen atoms in total.